The van der Waals surface area contributed by atoms with Crippen LogP contribution in [0.2, 0.25) is 0 Å². The molecule has 1 aliphatic rings. The summed E-state index contributed by atoms with van der Waals surface area (Å²) in [6, 6.07) is 5.04. The second-order valence-electron chi connectivity index (χ2n) is 5.75. The van der Waals surface area contributed by atoms with Gasteiger partial charge in [-0.3, -0.25) is 0 Å². The molecule has 0 aliphatic heterocycles. The standard InChI is InChI=1S/C15H22N2O2S2/c1-3-13(8-11-5-6-11)17-21(18,19)14-9-12(15(16)20)7-4-10(14)2/h4,7,9,11,13,17H,3,5-6,8H2,1-2H3,(H2,16,20). The molecule has 0 bridgehead atoms. The van der Waals surface area contributed by atoms with Gasteiger partial charge in [-0.2, -0.15) is 0 Å². The predicted octanol–water partition coefficient (Wildman–Crippen LogP) is 2.49. The normalized spacial score (nSPS) is 16.7. The molecule has 6 heteroatoms. The zero-order chi connectivity index (χ0) is 15.6. The first-order valence-corrected chi connectivity index (χ1v) is 9.15. The number of nitrogens with one attached hydrogen (secondary N) is 1. The molecule has 0 spiro atoms. The monoisotopic (exact) mass is 326 g/mol. The highest BCUT2D eigenvalue weighted by molar-refractivity contribution is 7.89. The summed E-state index contributed by atoms with van der Waals surface area (Å²) in [4.78, 5) is 0.471. The molecule has 3 N–H and O–H groups in total. The molecule has 1 fully saturated rings. The first kappa shape index (κ1) is 16.4. The van der Waals surface area contributed by atoms with E-state index in [1.165, 1.54) is 12.8 Å². The number of rotatable bonds is 7. The lowest BCUT2D eigenvalue weighted by atomic mass is 10.1. The van der Waals surface area contributed by atoms with Crippen molar-refractivity contribution in [2.45, 2.75) is 50.5 Å². The summed E-state index contributed by atoms with van der Waals surface area (Å²) < 4.78 is 28.0. The van der Waals surface area contributed by atoms with Crippen molar-refractivity contribution in [1.29, 1.82) is 0 Å². The summed E-state index contributed by atoms with van der Waals surface area (Å²) in [6.07, 6.45) is 4.15. The Balaban J connectivity index is 2.25. The molecule has 4 nitrogen and oxygen atoms in total. The lowest BCUT2D eigenvalue weighted by Crippen LogP contribution is -2.35. The van der Waals surface area contributed by atoms with Gasteiger partial charge < -0.3 is 5.73 Å². The van der Waals surface area contributed by atoms with E-state index in [1.807, 2.05) is 6.92 Å². The third kappa shape index (κ3) is 4.25. The molecular formula is C15H22N2O2S2. The number of sulfonamides is 1. The number of thiocarbonyl (C=S) groups is 1. The van der Waals surface area contributed by atoms with E-state index in [2.05, 4.69) is 4.72 Å². The SMILES string of the molecule is CCC(CC1CC1)NS(=O)(=O)c1cc(C(N)=S)ccc1C. The van der Waals surface area contributed by atoms with Crippen LogP contribution in [0.15, 0.2) is 23.1 Å². The molecular weight excluding hydrogens is 304 g/mol. The molecule has 1 aromatic rings. The van der Waals surface area contributed by atoms with Crippen LogP contribution in [0.4, 0.5) is 0 Å². The molecule has 0 amide bonds. The minimum atomic E-state index is -3.54. The first-order chi connectivity index (χ1) is 9.83. The molecule has 0 heterocycles. The predicted molar refractivity (Wildman–Crippen MR) is 88.8 cm³/mol. The zero-order valence-corrected chi connectivity index (χ0v) is 14.1. The summed E-state index contributed by atoms with van der Waals surface area (Å²) in [5.41, 5.74) is 6.87. The van der Waals surface area contributed by atoms with Crippen molar-refractivity contribution in [3.8, 4) is 0 Å². The summed E-state index contributed by atoms with van der Waals surface area (Å²) in [5, 5.41) is 0. The fourth-order valence-electron chi connectivity index (χ4n) is 2.38. The Morgan fingerprint density at radius 2 is 2.14 bits per heavy atom. The number of aryl methyl sites for hydroxylation is 1. The average molecular weight is 326 g/mol. The third-order valence-electron chi connectivity index (χ3n) is 3.89. The highest BCUT2D eigenvalue weighted by atomic mass is 32.2. The van der Waals surface area contributed by atoms with E-state index < -0.39 is 10.0 Å². The fourth-order valence-corrected chi connectivity index (χ4v) is 4.11. The van der Waals surface area contributed by atoms with Crippen LogP contribution in [-0.4, -0.2) is 19.4 Å². The summed E-state index contributed by atoms with van der Waals surface area (Å²) in [7, 11) is -3.54. The molecule has 0 aromatic heterocycles. The third-order valence-corrected chi connectivity index (χ3v) is 5.79. The van der Waals surface area contributed by atoms with Gasteiger partial charge in [-0.25, -0.2) is 13.1 Å². The minimum absolute atomic E-state index is 0.00427. The lowest BCUT2D eigenvalue weighted by molar-refractivity contribution is 0.495. The number of hydrogen-bond donors (Lipinski definition) is 2. The molecule has 21 heavy (non-hydrogen) atoms. The maximum Gasteiger partial charge on any atom is 0.241 e. The molecule has 2 rings (SSSR count). The van der Waals surface area contributed by atoms with Gasteiger partial charge in [-0.1, -0.05) is 44.1 Å². The number of nitrogens with two attached hydrogens (primary N) is 1. The molecule has 1 aliphatic carbocycles. The molecule has 1 aromatic carbocycles. The van der Waals surface area contributed by atoms with E-state index in [0.717, 1.165) is 12.8 Å². The lowest BCUT2D eigenvalue weighted by Gasteiger charge is -2.18. The number of benzene rings is 1. The van der Waals surface area contributed by atoms with E-state index in [-0.39, 0.29) is 15.9 Å². The van der Waals surface area contributed by atoms with Gasteiger partial charge in [0.2, 0.25) is 10.0 Å². The van der Waals surface area contributed by atoms with E-state index in [4.69, 9.17) is 18.0 Å². The smallest absolute Gasteiger partial charge is 0.241 e. The van der Waals surface area contributed by atoms with Crippen LogP contribution < -0.4 is 10.5 Å². The van der Waals surface area contributed by atoms with Crippen molar-refractivity contribution in [2.75, 3.05) is 0 Å². The highest BCUT2D eigenvalue weighted by Crippen LogP contribution is 2.34. The number of hydrogen-bond acceptors (Lipinski definition) is 3. The summed E-state index contributed by atoms with van der Waals surface area (Å²) >= 11 is 4.93. The van der Waals surface area contributed by atoms with E-state index >= 15 is 0 Å². The topological polar surface area (TPSA) is 72.2 Å². The van der Waals surface area contributed by atoms with Crippen LogP contribution in [0, 0.1) is 12.8 Å². The maximum atomic E-state index is 12.6. The van der Waals surface area contributed by atoms with Crippen molar-refractivity contribution in [1.82, 2.24) is 4.72 Å². The Kier molecular flexibility index (Phi) is 5.01. The van der Waals surface area contributed by atoms with Crippen molar-refractivity contribution < 1.29 is 8.42 Å². The van der Waals surface area contributed by atoms with Gasteiger partial charge in [0.25, 0.3) is 0 Å². The second-order valence-corrected chi connectivity index (χ2v) is 7.87. The van der Waals surface area contributed by atoms with Crippen LogP contribution in [0.25, 0.3) is 0 Å². The Morgan fingerprint density at radius 1 is 1.48 bits per heavy atom. The first-order valence-electron chi connectivity index (χ1n) is 7.26. The van der Waals surface area contributed by atoms with E-state index in [1.54, 1.807) is 25.1 Å². The largest absolute Gasteiger partial charge is 0.389 e. The van der Waals surface area contributed by atoms with Gasteiger partial charge in [0.05, 0.1) is 4.90 Å². The second kappa shape index (κ2) is 6.42. The van der Waals surface area contributed by atoms with Gasteiger partial charge >= 0.3 is 0 Å². The van der Waals surface area contributed by atoms with E-state index in [0.29, 0.717) is 17.0 Å². The van der Waals surface area contributed by atoms with Crippen LogP contribution in [0.1, 0.15) is 43.7 Å². The van der Waals surface area contributed by atoms with Gasteiger partial charge in [0.1, 0.15) is 4.99 Å². The zero-order valence-electron chi connectivity index (χ0n) is 12.4. The molecule has 1 atom stereocenters. The van der Waals surface area contributed by atoms with Crippen molar-refractivity contribution in [3.05, 3.63) is 29.3 Å². The molecule has 1 unspecified atom stereocenters. The van der Waals surface area contributed by atoms with Crippen LogP contribution in [-0.2, 0) is 10.0 Å². The fraction of sp³-hybridized carbons (Fsp3) is 0.533. The Bertz CT molecular complexity index is 637. The van der Waals surface area contributed by atoms with Crippen molar-refractivity contribution in [2.24, 2.45) is 11.7 Å². The Hall–Kier alpha value is -0.980. The molecule has 0 saturated heterocycles. The van der Waals surface area contributed by atoms with Gasteiger partial charge in [-0.05, 0) is 37.3 Å². The van der Waals surface area contributed by atoms with Crippen molar-refractivity contribution >= 4 is 27.2 Å². The summed E-state index contributed by atoms with van der Waals surface area (Å²) in [5.74, 6) is 0.682. The van der Waals surface area contributed by atoms with Crippen LogP contribution in [0.3, 0.4) is 0 Å². The maximum absolute atomic E-state index is 12.6. The van der Waals surface area contributed by atoms with Gasteiger partial charge in [0, 0.05) is 11.6 Å². The minimum Gasteiger partial charge on any atom is -0.389 e. The molecule has 116 valence electrons. The van der Waals surface area contributed by atoms with Crippen LogP contribution in [0.5, 0.6) is 0 Å². The van der Waals surface area contributed by atoms with E-state index in [9.17, 15) is 8.42 Å². The van der Waals surface area contributed by atoms with Crippen LogP contribution >= 0.6 is 12.2 Å². The molecule has 0 radical (unpaired) electrons. The van der Waals surface area contributed by atoms with Gasteiger partial charge in [-0.15, -0.1) is 0 Å². The Morgan fingerprint density at radius 3 is 2.67 bits per heavy atom. The van der Waals surface area contributed by atoms with Crippen molar-refractivity contribution in [3.63, 3.8) is 0 Å². The van der Waals surface area contributed by atoms with Gasteiger partial charge in [0.15, 0.2) is 0 Å². The summed E-state index contributed by atoms with van der Waals surface area (Å²) in [6.45, 7) is 3.79. The Labute approximate surface area is 132 Å². The highest BCUT2D eigenvalue weighted by Gasteiger charge is 2.28. The molecule has 1 saturated carbocycles. The quantitative estimate of drug-likeness (QED) is 0.755. The average Bonchev–Trinajstić information content (AvgIpc) is 3.21.